The fourth-order valence-corrected chi connectivity index (χ4v) is 4.24. The van der Waals surface area contributed by atoms with E-state index in [4.69, 9.17) is 11.1 Å². The zero-order valence-electron chi connectivity index (χ0n) is 19.9. The van der Waals surface area contributed by atoms with Crippen molar-refractivity contribution in [1.29, 1.82) is 5.41 Å². The Kier molecular flexibility index (Phi) is 7.51. The standard InChI is InChI=1S/C26H24FN3O2.C2H6/c1-15(2)26-25(17-5-3-4-16(10-17)11-24(31)32)21-13-22(29)18(14-28)12-23(21)30(26)20-8-6-19(27)7-9-20;1-2/h3-10,12-15,28H,11,29H2,1-2H3,(H,31,32);1-2H3. The normalized spacial score (nSPS) is 10.8. The number of nitrogens with one attached hydrogen (secondary N) is 1. The van der Waals surface area contributed by atoms with Gasteiger partial charge in [0, 0.05) is 39.8 Å². The summed E-state index contributed by atoms with van der Waals surface area (Å²) in [7, 11) is 0. The Labute approximate surface area is 199 Å². The van der Waals surface area contributed by atoms with Crippen molar-refractivity contribution < 1.29 is 14.3 Å². The van der Waals surface area contributed by atoms with Crippen LogP contribution in [0.2, 0.25) is 0 Å². The third-order valence-corrected chi connectivity index (χ3v) is 5.57. The molecule has 0 aliphatic rings. The largest absolute Gasteiger partial charge is 0.481 e. The molecule has 0 bridgehead atoms. The fraction of sp³-hybridized carbons (Fsp3) is 0.214. The molecule has 176 valence electrons. The number of nitrogens with zero attached hydrogens (tertiary/aromatic N) is 1. The van der Waals surface area contributed by atoms with Gasteiger partial charge in [-0.1, -0.05) is 52.0 Å². The highest BCUT2D eigenvalue weighted by Gasteiger charge is 2.23. The Hall–Kier alpha value is -3.93. The maximum absolute atomic E-state index is 13.7. The van der Waals surface area contributed by atoms with Crippen LogP contribution in [0.4, 0.5) is 10.1 Å². The number of carboxylic acids is 1. The monoisotopic (exact) mass is 459 g/mol. The second-order valence-electron chi connectivity index (χ2n) is 8.14. The Morgan fingerprint density at radius 3 is 2.38 bits per heavy atom. The van der Waals surface area contributed by atoms with Crippen molar-refractivity contribution in [3.8, 4) is 16.8 Å². The van der Waals surface area contributed by atoms with Crippen molar-refractivity contribution in [2.24, 2.45) is 0 Å². The van der Waals surface area contributed by atoms with E-state index in [0.717, 1.165) is 33.4 Å². The summed E-state index contributed by atoms with van der Waals surface area (Å²) in [6.07, 6.45) is 1.15. The van der Waals surface area contributed by atoms with Crippen LogP contribution in [-0.2, 0) is 11.2 Å². The molecule has 0 radical (unpaired) electrons. The van der Waals surface area contributed by atoms with E-state index < -0.39 is 5.97 Å². The van der Waals surface area contributed by atoms with Crippen molar-refractivity contribution >= 4 is 28.8 Å². The molecule has 34 heavy (non-hydrogen) atoms. The van der Waals surface area contributed by atoms with Gasteiger partial charge in [0.2, 0.25) is 0 Å². The molecule has 0 atom stereocenters. The number of aliphatic carboxylic acids is 1. The van der Waals surface area contributed by atoms with Crippen LogP contribution >= 0.6 is 0 Å². The number of benzene rings is 3. The van der Waals surface area contributed by atoms with Crippen LogP contribution in [0.3, 0.4) is 0 Å². The number of carbonyl (C=O) groups is 1. The molecule has 3 aromatic carbocycles. The van der Waals surface area contributed by atoms with Crippen LogP contribution in [0.1, 0.15) is 50.4 Å². The number of fused-ring (bicyclic) bond motifs is 1. The number of aromatic nitrogens is 1. The second kappa shape index (κ2) is 10.3. The van der Waals surface area contributed by atoms with Gasteiger partial charge >= 0.3 is 5.97 Å². The summed E-state index contributed by atoms with van der Waals surface area (Å²) in [5, 5.41) is 17.9. The summed E-state index contributed by atoms with van der Waals surface area (Å²) in [6, 6.07) is 17.5. The van der Waals surface area contributed by atoms with Gasteiger partial charge in [-0.05, 0) is 53.4 Å². The molecule has 0 unspecified atom stereocenters. The van der Waals surface area contributed by atoms with Crippen molar-refractivity contribution in [3.05, 3.63) is 83.3 Å². The Morgan fingerprint density at radius 1 is 1.12 bits per heavy atom. The maximum atomic E-state index is 13.7. The summed E-state index contributed by atoms with van der Waals surface area (Å²) < 4.78 is 15.7. The van der Waals surface area contributed by atoms with E-state index in [-0.39, 0.29) is 18.2 Å². The van der Waals surface area contributed by atoms with Gasteiger partial charge in [-0.25, -0.2) is 4.39 Å². The van der Waals surface area contributed by atoms with Crippen LogP contribution in [0, 0.1) is 11.2 Å². The van der Waals surface area contributed by atoms with Crippen LogP contribution in [-0.4, -0.2) is 21.9 Å². The molecule has 6 heteroatoms. The van der Waals surface area contributed by atoms with Crippen molar-refractivity contribution in [2.45, 2.75) is 40.0 Å². The van der Waals surface area contributed by atoms with Gasteiger partial charge in [-0.3, -0.25) is 4.79 Å². The summed E-state index contributed by atoms with van der Waals surface area (Å²) in [5.74, 6) is -1.11. The zero-order chi connectivity index (χ0) is 25.0. The average Bonchev–Trinajstić information content (AvgIpc) is 3.14. The number of rotatable bonds is 6. The Morgan fingerprint density at radius 2 is 1.79 bits per heavy atom. The average molecular weight is 460 g/mol. The first kappa shape index (κ1) is 24.7. The minimum absolute atomic E-state index is 0.0679. The van der Waals surface area contributed by atoms with Crippen molar-refractivity contribution in [3.63, 3.8) is 0 Å². The number of carboxylic acid groups (broad SMARTS) is 1. The molecule has 0 aliphatic carbocycles. The molecular weight excluding hydrogens is 429 g/mol. The Balaban J connectivity index is 0.00000158. The zero-order valence-corrected chi connectivity index (χ0v) is 19.9. The molecule has 1 aromatic heterocycles. The van der Waals surface area contributed by atoms with Crippen molar-refractivity contribution in [2.75, 3.05) is 5.73 Å². The van der Waals surface area contributed by atoms with E-state index in [9.17, 15) is 14.3 Å². The van der Waals surface area contributed by atoms with Crippen molar-refractivity contribution in [1.82, 2.24) is 4.57 Å². The van der Waals surface area contributed by atoms with Crippen LogP contribution in [0.5, 0.6) is 0 Å². The quantitative estimate of drug-likeness (QED) is 0.219. The van der Waals surface area contributed by atoms with Crippen LogP contribution in [0.15, 0.2) is 60.7 Å². The van der Waals surface area contributed by atoms with Gasteiger partial charge in [0.15, 0.2) is 0 Å². The van der Waals surface area contributed by atoms with Gasteiger partial charge in [-0.15, -0.1) is 0 Å². The molecule has 0 amide bonds. The topological polar surface area (TPSA) is 92.1 Å². The minimum atomic E-state index is -0.889. The molecule has 4 aromatic rings. The van der Waals surface area contributed by atoms with E-state index >= 15 is 0 Å². The molecule has 4 rings (SSSR count). The number of hydrogen-bond acceptors (Lipinski definition) is 3. The molecule has 4 N–H and O–H groups in total. The molecule has 0 spiro atoms. The number of nitrogen functional groups attached to an aromatic ring is 1. The smallest absolute Gasteiger partial charge is 0.307 e. The Bertz CT molecular complexity index is 1340. The molecule has 0 saturated heterocycles. The first-order valence-corrected chi connectivity index (χ1v) is 11.4. The van der Waals surface area contributed by atoms with Gasteiger partial charge in [-0.2, -0.15) is 0 Å². The molecular formula is C28H30FN3O2. The highest BCUT2D eigenvalue weighted by atomic mass is 19.1. The number of hydrogen-bond donors (Lipinski definition) is 3. The highest BCUT2D eigenvalue weighted by Crippen LogP contribution is 2.42. The van der Waals surface area contributed by atoms with E-state index in [1.807, 2.05) is 44.2 Å². The summed E-state index contributed by atoms with van der Waals surface area (Å²) in [4.78, 5) is 11.3. The lowest BCUT2D eigenvalue weighted by molar-refractivity contribution is -0.136. The van der Waals surface area contributed by atoms with Gasteiger partial charge < -0.3 is 20.8 Å². The predicted molar refractivity (Wildman–Crippen MR) is 138 cm³/mol. The minimum Gasteiger partial charge on any atom is -0.481 e. The molecule has 0 fully saturated rings. The third kappa shape index (κ3) is 4.71. The van der Waals surface area contributed by atoms with Crippen LogP contribution in [0.25, 0.3) is 27.7 Å². The molecule has 0 aliphatic heterocycles. The summed E-state index contributed by atoms with van der Waals surface area (Å²) in [5.41, 5.74) is 12.5. The van der Waals surface area contributed by atoms with Crippen LogP contribution < -0.4 is 5.73 Å². The van der Waals surface area contributed by atoms with E-state index in [1.54, 1.807) is 18.2 Å². The predicted octanol–water partition coefficient (Wildman–Crippen LogP) is 6.79. The fourth-order valence-electron chi connectivity index (χ4n) is 4.24. The molecule has 5 nitrogen and oxygen atoms in total. The lowest BCUT2D eigenvalue weighted by Crippen LogP contribution is -2.04. The molecule has 1 heterocycles. The van der Waals surface area contributed by atoms with E-state index in [0.29, 0.717) is 16.8 Å². The summed E-state index contributed by atoms with van der Waals surface area (Å²) in [6.45, 7) is 8.17. The highest BCUT2D eigenvalue weighted by molar-refractivity contribution is 6.04. The second-order valence-corrected chi connectivity index (χ2v) is 8.14. The van der Waals surface area contributed by atoms with Gasteiger partial charge in [0.05, 0.1) is 11.9 Å². The number of nitrogens with two attached hydrogens (primary N) is 1. The van der Waals surface area contributed by atoms with Gasteiger partial charge in [0.1, 0.15) is 5.82 Å². The van der Waals surface area contributed by atoms with E-state index in [1.165, 1.54) is 18.3 Å². The SMILES string of the molecule is CC.CC(C)c1c(-c2cccc(CC(=O)O)c2)c2cc(N)c(C=N)cc2n1-c1ccc(F)cc1. The maximum Gasteiger partial charge on any atom is 0.307 e. The molecule has 0 saturated carbocycles. The third-order valence-electron chi connectivity index (χ3n) is 5.57. The first-order valence-electron chi connectivity index (χ1n) is 11.4. The lowest BCUT2D eigenvalue weighted by Gasteiger charge is -2.16. The first-order chi connectivity index (χ1) is 16.3. The van der Waals surface area contributed by atoms with E-state index in [2.05, 4.69) is 18.4 Å². The van der Waals surface area contributed by atoms with Gasteiger partial charge in [0.25, 0.3) is 0 Å². The lowest BCUT2D eigenvalue weighted by atomic mass is 9.94. The number of halogens is 1. The summed E-state index contributed by atoms with van der Waals surface area (Å²) >= 11 is 0. The number of anilines is 1.